The summed E-state index contributed by atoms with van der Waals surface area (Å²) in [6, 6.07) is 5.76. The van der Waals surface area contributed by atoms with Gasteiger partial charge < -0.3 is 4.90 Å². The van der Waals surface area contributed by atoms with Crippen molar-refractivity contribution < 1.29 is 13.2 Å². The molecule has 0 saturated heterocycles. The van der Waals surface area contributed by atoms with Crippen LogP contribution in [0.2, 0.25) is 0 Å². The van der Waals surface area contributed by atoms with E-state index in [1.165, 1.54) is 40.9 Å². The Morgan fingerprint density at radius 2 is 1.91 bits per heavy atom. The number of nitrogens with zero attached hydrogens (tertiary/aromatic N) is 2. The van der Waals surface area contributed by atoms with E-state index in [1.807, 2.05) is 6.26 Å². The fraction of sp³-hybridized carbons (Fsp3) is 0.231. The number of thioether (sulfide) groups is 1. The minimum atomic E-state index is -3.74. The molecule has 0 fully saturated rings. The Balaban J connectivity index is 2.25. The topological polar surface area (TPSA) is 95.2 Å². The van der Waals surface area contributed by atoms with Crippen LogP contribution in [-0.4, -0.2) is 49.8 Å². The molecule has 22 heavy (non-hydrogen) atoms. The third kappa shape index (κ3) is 3.42. The molecule has 0 bridgehead atoms. The Morgan fingerprint density at radius 3 is 2.45 bits per heavy atom. The lowest BCUT2D eigenvalue weighted by molar-refractivity contribution is 0.0827. The van der Waals surface area contributed by atoms with Crippen LogP contribution in [0.3, 0.4) is 0 Å². The van der Waals surface area contributed by atoms with Crippen LogP contribution in [0.5, 0.6) is 0 Å². The van der Waals surface area contributed by atoms with Crippen molar-refractivity contribution in [2.75, 3.05) is 25.1 Å². The summed E-state index contributed by atoms with van der Waals surface area (Å²) in [5.41, 5.74) is 0.426. The van der Waals surface area contributed by atoms with Crippen LogP contribution in [0.15, 0.2) is 40.3 Å². The van der Waals surface area contributed by atoms with Crippen molar-refractivity contribution in [3.05, 3.63) is 36.0 Å². The molecule has 1 aromatic heterocycles. The van der Waals surface area contributed by atoms with Crippen molar-refractivity contribution >= 4 is 33.5 Å². The number of amides is 1. The standard InChI is InChI=1S/C13H16N4O3S2/c1-17(2)13(18)9-4-6-10(7-5-9)22(19,20)16-12-11(21-3)8-14-15-12/h4-8H,1-3H3,(H2,14,15,16). The summed E-state index contributed by atoms with van der Waals surface area (Å²) in [5, 5.41) is 6.41. The maximum Gasteiger partial charge on any atom is 0.263 e. The molecule has 0 saturated carbocycles. The molecule has 2 rings (SSSR count). The van der Waals surface area contributed by atoms with Crippen LogP contribution in [0.4, 0.5) is 5.82 Å². The number of carbonyl (C=O) groups is 1. The van der Waals surface area contributed by atoms with E-state index in [2.05, 4.69) is 14.9 Å². The van der Waals surface area contributed by atoms with Crippen LogP contribution in [0.25, 0.3) is 0 Å². The van der Waals surface area contributed by atoms with Gasteiger partial charge in [-0.3, -0.25) is 14.6 Å². The van der Waals surface area contributed by atoms with Crippen LogP contribution in [-0.2, 0) is 10.0 Å². The number of hydrogen-bond donors (Lipinski definition) is 2. The van der Waals surface area contributed by atoms with Gasteiger partial charge in [0.1, 0.15) is 5.82 Å². The van der Waals surface area contributed by atoms with Crippen molar-refractivity contribution in [3.63, 3.8) is 0 Å². The number of anilines is 1. The smallest absolute Gasteiger partial charge is 0.263 e. The van der Waals surface area contributed by atoms with E-state index in [0.717, 1.165) is 0 Å². The molecule has 9 heteroatoms. The first-order valence-electron chi connectivity index (χ1n) is 6.27. The van der Waals surface area contributed by atoms with Gasteiger partial charge in [-0.05, 0) is 30.5 Å². The molecule has 2 aromatic rings. The lowest BCUT2D eigenvalue weighted by Gasteiger charge is -2.11. The fourth-order valence-electron chi connectivity index (χ4n) is 1.73. The van der Waals surface area contributed by atoms with Gasteiger partial charge in [0.05, 0.1) is 16.0 Å². The normalized spacial score (nSPS) is 11.2. The van der Waals surface area contributed by atoms with Crippen LogP contribution < -0.4 is 4.72 Å². The predicted molar refractivity (Wildman–Crippen MR) is 85.6 cm³/mol. The highest BCUT2D eigenvalue weighted by Crippen LogP contribution is 2.24. The zero-order valence-electron chi connectivity index (χ0n) is 12.3. The molecule has 0 aliphatic heterocycles. The molecule has 118 valence electrons. The summed E-state index contributed by atoms with van der Waals surface area (Å²) in [6.45, 7) is 0. The number of aromatic amines is 1. The Kier molecular flexibility index (Phi) is 4.77. The minimum absolute atomic E-state index is 0.0736. The summed E-state index contributed by atoms with van der Waals surface area (Å²) in [4.78, 5) is 14.0. The number of carbonyl (C=O) groups excluding carboxylic acids is 1. The number of aromatic nitrogens is 2. The van der Waals surface area contributed by atoms with Gasteiger partial charge in [0.15, 0.2) is 0 Å². The van der Waals surface area contributed by atoms with E-state index in [0.29, 0.717) is 16.3 Å². The largest absolute Gasteiger partial charge is 0.345 e. The zero-order chi connectivity index (χ0) is 16.3. The molecular formula is C13H16N4O3S2. The van der Waals surface area contributed by atoms with Crippen molar-refractivity contribution in [2.45, 2.75) is 9.79 Å². The molecular weight excluding hydrogens is 324 g/mol. The van der Waals surface area contributed by atoms with Gasteiger partial charge in [0.2, 0.25) is 0 Å². The number of H-pyrrole nitrogens is 1. The van der Waals surface area contributed by atoms with E-state index in [-0.39, 0.29) is 10.8 Å². The van der Waals surface area contributed by atoms with Crippen molar-refractivity contribution in [3.8, 4) is 0 Å². The van der Waals surface area contributed by atoms with Crippen LogP contribution in [0.1, 0.15) is 10.4 Å². The SMILES string of the molecule is CSc1cn[nH]c1NS(=O)(=O)c1ccc(C(=O)N(C)C)cc1. The number of nitrogens with one attached hydrogen (secondary N) is 2. The number of benzene rings is 1. The van der Waals surface area contributed by atoms with Crippen LogP contribution >= 0.6 is 11.8 Å². The molecule has 0 spiro atoms. The van der Waals surface area contributed by atoms with Gasteiger partial charge >= 0.3 is 0 Å². The van der Waals surface area contributed by atoms with E-state index in [1.54, 1.807) is 20.3 Å². The molecule has 0 atom stereocenters. The summed E-state index contributed by atoms with van der Waals surface area (Å²) < 4.78 is 27.1. The Bertz CT molecular complexity index is 767. The van der Waals surface area contributed by atoms with Gasteiger partial charge in [-0.2, -0.15) is 5.10 Å². The Labute approximate surface area is 133 Å². The first kappa shape index (κ1) is 16.4. The fourth-order valence-corrected chi connectivity index (χ4v) is 3.29. The quantitative estimate of drug-likeness (QED) is 0.807. The second-order valence-corrected chi connectivity index (χ2v) is 7.17. The van der Waals surface area contributed by atoms with Crippen molar-refractivity contribution in [1.82, 2.24) is 15.1 Å². The van der Waals surface area contributed by atoms with E-state index < -0.39 is 10.0 Å². The highest BCUT2D eigenvalue weighted by molar-refractivity contribution is 7.99. The van der Waals surface area contributed by atoms with Crippen LogP contribution in [0, 0.1) is 0 Å². The van der Waals surface area contributed by atoms with Crippen molar-refractivity contribution in [2.24, 2.45) is 0 Å². The second-order valence-electron chi connectivity index (χ2n) is 4.64. The maximum atomic E-state index is 12.3. The van der Waals surface area contributed by atoms with E-state index in [4.69, 9.17) is 0 Å². The lowest BCUT2D eigenvalue weighted by Crippen LogP contribution is -2.21. The average molecular weight is 340 g/mol. The lowest BCUT2D eigenvalue weighted by atomic mass is 10.2. The zero-order valence-corrected chi connectivity index (χ0v) is 14.0. The Hall–Kier alpha value is -2.00. The molecule has 0 aliphatic rings. The number of rotatable bonds is 5. The molecule has 1 amide bonds. The molecule has 1 heterocycles. The molecule has 7 nitrogen and oxygen atoms in total. The van der Waals surface area contributed by atoms with E-state index in [9.17, 15) is 13.2 Å². The summed E-state index contributed by atoms with van der Waals surface area (Å²) in [5.74, 6) is 0.135. The maximum absolute atomic E-state index is 12.3. The molecule has 0 radical (unpaired) electrons. The molecule has 1 aromatic carbocycles. The average Bonchev–Trinajstić information content (AvgIpc) is 2.93. The van der Waals surface area contributed by atoms with Crippen molar-refractivity contribution in [1.29, 1.82) is 0 Å². The van der Waals surface area contributed by atoms with E-state index >= 15 is 0 Å². The number of sulfonamides is 1. The highest BCUT2D eigenvalue weighted by Gasteiger charge is 2.18. The van der Waals surface area contributed by atoms with Gasteiger partial charge in [-0.25, -0.2) is 8.42 Å². The first-order valence-corrected chi connectivity index (χ1v) is 8.98. The predicted octanol–water partition coefficient (Wildman–Crippen LogP) is 1.63. The highest BCUT2D eigenvalue weighted by atomic mass is 32.2. The Morgan fingerprint density at radius 1 is 1.27 bits per heavy atom. The summed E-state index contributed by atoms with van der Waals surface area (Å²) in [7, 11) is -0.467. The van der Waals surface area contributed by atoms with Gasteiger partial charge in [0.25, 0.3) is 15.9 Å². The summed E-state index contributed by atoms with van der Waals surface area (Å²) >= 11 is 1.38. The molecule has 2 N–H and O–H groups in total. The van der Waals surface area contributed by atoms with Gasteiger partial charge in [-0.1, -0.05) is 0 Å². The van der Waals surface area contributed by atoms with Gasteiger partial charge in [0, 0.05) is 19.7 Å². The third-order valence-electron chi connectivity index (χ3n) is 2.88. The second kappa shape index (κ2) is 6.41. The minimum Gasteiger partial charge on any atom is -0.345 e. The molecule has 0 aliphatic carbocycles. The first-order chi connectivity index (χ1) is 10.3. The summed E-state index contributed by atoms with van der Waals surface area (Å²) in [6.07, 6.45) is 3.37. The third-order valence-corrected chi connectivity index (χ3v) is 4.99. The van der Waals surface area contributed by atoms with Gasteiger partial charge in [-0.15, -0.1) is 11.8 Å². The monoisotopic (exact) mass is 340 g/mol. The number of hydrogen-bond acceptors (Lipinski definition) is 5. The molecule has 0 unspecified atom stereocenters.